The van der Waals surface area contributed by atoms with E-state index in [1.54, 1.807) is 0 Å². The van der Waals surface area contributed by atoms with Crippen LogP contribution in [0.1, 0.15) is 36.0 Å². The van der Waals surface area contributed by atoms with Crippen LogP contribution in [-0.4, -0.2) is 74.4 Å². The van der Waals surface area contributed by atoms with Crippen molar-refractivity contribution in [1.82, 2.24) is 10.3 Å². The molecule has 0 bridgehead atoms. The number of nitrogens with one attached hydrogen (secondary N) is 3. The predicted octanol–water partition coefficient (Wildman–Crippen LogP) is 0.139. The lowest BCUT2D eigenvalue weighted by Gasteiger charge is -2.23. The number of morpholine rings is 1. The number of hydrogen-bond acceptors (Lipinski definition) is 6. The van der Waals surface area contributed by atoms with Gasteiger partial charge >= 0.3 is 11.9 Å². The van der Waals surface area contributed by atoms with Crippen molar-refractivity contribution in [2.24, 2.45) is 0 Å². The molecular weight excluding hydrogens is 524 g/mol. The molecule has 1 amide bonds. The molecular formula is C31H40N4O6+2. The minimum absolute atomic E-state index is 0.0362. The van der Waals surface area contributed by atoms with Gasteiger partial charge in [-0.3, -0.25) is 4.79 Å². The largest absolute Gasteiger partial charge is 0.455 e. The zero-order valence-electron chi connectivity index (χ0n) is 23.4. The number of amides is 1. The second kappa shape index (κ2) is 13.8. The van der Waals surface area contributed by atoms with Gasteiger partial charge < -0.3 is 35.1 Å². The first-order valence-electron chi connectivity index (χ1n) is 14.5. The Labute approximate surface area is 239 Å². The molecule has 2 atom stereocenters. The first kappa shape index (κ1) is 28.8. The molecule has 2 aliphatic rings. The van der Waals surface area contributed by atoms with E-state index in [0.29, 0.717) is 12.4 Å². The number of carbonyl (C=O) groups is 3. The average molecular weight is 565 g/mol. The SMILES string of the molecule is [NH3+][C@H](CCC(=O)N[C@H](Cc1c[nH]c2ccccc12)C(=O)Oc1ccc2c(c1)CCC2)C(=O)OCC[NH+]1CCOCC1. The van der Waals surface area contributed by atoms with E-state index in [0.717, 1.165) is 68.6 Å². The zero-order valence-corrected chi connectivity index (χ0v) is 23.4. The minimum atomic E-state index is -0.901. The van der Waals surface area contributed by atoms with E-state index in [2.05, 4.69) is 16.0 Å². The molecule has 0 spiro atoms. The van der Waals surface area contributed by atoms with Gasteiger partial charge in [-0.1, -0.05) is 24.3 Å². The number of ether oxygens (including phenoxy) is 3. The van der Waals surface area contributed by atoms with Gasteiger partial charge in [0, 0.05) is 36.4 Å². The fraction of sp³-hybridized carbons (Fsp3) is 0.452. The Morgan fingerprint density at radius 1 is 1.05 bits per heavy atom. The monoisotopic (exact) mass is 564 g/mol. The maximum atomic E-state index is 13.4. The second-order valence-corrected chi connectivity index (χ2v) is 10.9. The van der Waals surface area contributed by atoms with Crippen LogP contribution in [0.2, 0.25) is 0 Å². The fourth-order valence-corrected chi connectivity index (χ4v) is 5.53. The molecule has 0 radical (unpaired) electrons. The number of fused-ring (bicyclic) bond motifs is 2. The van der Waals surface area contributed by atoms with Crippen LogP contribution in [0, 0.1) is 0 Å². The summed E-state index contributed by atoms with van der Waals surface area (Å²) in [5.74, 6) is -0.817. The van der Waals surface area contributed by atoms with Gasteiger partial charge in [-0.15, -0.1) is 0 Å². The van der Waals surface area contributed by atoms with E-state index in [1.807, 2.05) is 48.7 Å². The van der Waals surface area contributed by atoms with Crippen LogP contribution in [-0.2, 0) is 43.1 Å². The number of para-hydroxylation sites is 1. The Morgan fingerprint density at radius 3 is 2.71 bits per heavy atom. The number of aryl methyl sites for hydroxylation is 2. The van der Waals surface area contributed by atoms with Crippen molar-refractivity contribution in [1.29, 1.82) is 0 Å². The van der Waals surface area contributed by atoms with Crippen LogP contribution in [0.15, 0.2) is 48.7 Å². The topological polar surface area (TPSA) is 139 Å². The van der Waals surface area contributed by atoms with Gasteiger partial charge in [0.25, 0.3) is 0 Å². The molecule has 5 rings (SSSR count). The lowest BCUT2D eigenvalue weighted by Crippen LogP contribution is -3.14. The number of esters is 2. The summed E-state index contributed by atoms with van der Waals surface area (Å²) in [6.45, 7) is 4.29. The van der Waals surface area contributed by atoms with Crippen molar-refractivity contribution < 1.29 is 39.2 Å². The van der Waals surface area contributed by atoms with Crippen molar-refractivity contribution in [3.05, 3.63) is 65.4 Å². The second-order valence-electron chi connectivity index (χ2n) is 10.9. The van der Waals surface area contributed by atoms with E-state index in [-0.39, 0.29) is 25.2 Å². The quantitative estimate of drug-likeness (QED) is 0.182. The molecule has 1 aromatic heterocycles. The van der Waals surface area contributed by atoms with Crippen LogP contribution >= 0.6 is 0 Å². The van der Waals surface area contributed by atoms with Crippen LogP contribution in [0.4, 0.5) is 0 Å². The molecule has 1 aliphatic carbocycles. The van der Waals surface area contributed by atoms with Crippen LogP contribution < -0.4 is 20.7 Å². The molecule has 218 valence electrons. The highest BCUT2D eigenvalue weighted by Crippen LogP contribution is 2.26. The minimum Gasteiger partial charge on any atom is -0.455 e. The van der Waals surface area contributed by atoms with E-state index in [1.165, 1.54) is 16.0 Å². The predicted molar refractivity (Wildman–Crippen MR) is 151 cm³/mol. The highest BCUT2D eigenvalue weighted by molar-refractivity contribution is 5.88. The smallest absolute Gasteiger partial charge is 0.364 e. The third kappa shape index (κ3) is 7.72. The van der Waals surface area contributed by atoms with Crippen molar-refractivity contribution in [3.63, 3.8) is 0 Å². The Morgan fingerprint density at radius 2 is 1.85 bits per heavy atom. The normalized spacial score (nSPS) is 16.6. The summed E-state index contributed by atoms with van der Waals surface area (Å²) in [5, 5.41) is 3.83. The first-order valence-corrected chi connectivity index (χ1v) is 14.5. The van der Waals surface area contributed by atoms with Gasteiger partial charge in [-0.2, -0.15) is 0 Å². The summed E-state index contributed by atoms with van der Waals surface area (Å²) < 4.78 is 16.5. The Hall–Kier alpha value is -3.73. The highest BCUT2D eigenvalue weighted by atomic mass is 16.5. The number of benzene rings is 2. The fourth-order valence-electron chi connectivity index (χ4n) is 5.53. The summed E-state index contributed by atoms with van der Waals surface area (Å²) in [4.78, 5) is 43.3. The van der Waals surface area contributed by atoms with Crippen LogP contribution in [0.5, 0.6) is 5.75 Å². The lowest BCUT2D eigenvalue weighted by molar-refractivity contribution is -0.908. The van der Waals surface area contributed by atoms with Crippen LogP contribution in [0.25, 0.3) is 10.9 Å². The number of hydrogen-bond donors (Lipinski definition) is 4. The number of aromatic nitrogens is 1. The summed E-state index contributed by atoms with van der Waals surface area (Å²) in [6.07, 6.45) is 5.48. The number of H-pyrrole nitrogens is 1. The van der Waals surface area contributed by atoms with Gasteiger partial charge in [0.2, 0.25) is 5.91 Å². The number of rotatable bonds is 12. The summed E-state index contributed by atoms with van der Waals surface area (Å²) >= 11 is 0. The highest BCUT2D eigenvalue weighted by Gasteiger charge is 2.27. The first-order chi connectivity index (χ1) is 20.0. The van der Waals surface area contributed by atoms with Crippen molar-refractivity contribution in [2.45, 2.75) is 50.6 Å². The van der Waals surface area contributed by atoms with Crippen LogP contribution in [0.3, 0.4) is 0 Å². The van der Waals surface area contributed by atoms with E-state index < -0.39 is 24.0 Å². The average Bonchev–Trinajstić information content (AvgIpc) is 3.63. The third-order valence-corrected chi connectivity index (χ3v) is 7.96. The molecule has 6 N–H and O–H groups in total. The standard InChI is InChI=1S/C31H38N4O6/c32-26(30(37)40-17-14-35-12-15-39-16-13-35)10-11-29(36)34-28(19-23-20-33-27-7-2-1-6-25(23)27)31(38)41-24-9-8-21-4-3-5-22(21)18-24/h1-2,6-9,18,20,26,28,33H,3-5,10-17,19,32H2,(H,34,36)/p+2/t26-,28-/m1/s1. The van der Waals surface area contributed by atoms with Gasteiger partial charge in [0.15, 0.2) is 6.04 Å². The maximum absolute atomic E-state index is 13.4. The molecule has 1 fully saturated rings. The van der Waals surface area contributed by atoms with Crippen molar-refractivity contribution in [3.8, 4) is 5.75 Å². The third-order valence-electron chi connectivity index (χ3n) is 7.96. The molecule has 2 heterocycles. The molecule has 2 aromatic carbocycles. The summed E-state index contributed by atoms with van der Waals surface area (Å²) in [6, 6.07) is 12.0. The number of carbonyl (C=O) groups excluding carboxylic acids is 3. The summed E-state index contributed by atoms with van der Waals surface area (Å²) in [5.41, 5.74) is 8.23. The van der Waals surface area contributed by atoms with Crippen molar-refractivity contribution >= 4 is 28.7 Å². The molecule has 0 saturated carbocycles. The van der Waals surface area contributed by atoms with Gasteiger partial charge in [-0.05, 0) is 54.2 Å². The molecule has 10 heteroatoms. The Kier molecular flexibility index (Phi) is 9.66. The molecule has 1 aliphatic heterocycles. The van der Waals surface area contributed by atoms with E-state index >= 15 is 0 Å². The molecule has 3 aromatic rings. The Bertz CT molecular complexity index is 1370. The Balaban J connectivity index is 1.17. The number of quaternary nitrogens is 2. The van der Waals surface area contributed by atoms with Crippen molar-refractivity contribution in [2.75, 3.05) is 39.5 Å². The molecule has 10 nitrogen and oxygen atoms in total. The number of aromatic amines is 1. The molecule has 41 heavy (non-hydrogen) atoms. The molecule has 1 saturated heterocycles. The maximum Gasteiger partial charge on any atom is 0.364 e. The van der Waals surface area contributed by atoms with Gasteiger partial charge in [0.1, 0.15) is 38.0 Å². The van der Waals surface area contributed by atoms with Gasteiger partial charge in [0.05, 0.1) is 13.2 Å². The zero-order chi connectivity index (χ0) is 28.6. The van der Waals surface area contributed by atoms with E-state index in [4.69, 9.17) is 14.2 Å². The van der Waals surface area contributed by atoms with Gasteiger partial charge in [-0.25, -0.2) is 9.59 Å². The summed E-state index contributed by atoms with van der Waals surface area (Å²) in [7, 11) is 0. The lowest BCUT2D eigenvalue weighted by atomic mass is 10.0. The molecule has 0 unspecified atom stereocenters. The van der Waals surface area contributed by atoms with E-state index in [9.17, 15) is 14.4 Å².